The fourth-order valence-electron chi connectivity index (χ4n) is 0.851. The summed E-state index contributed by atoms with van der Waals surface area (Å²) < 4.78 is 0. The predicted molar refractivity (Wildman–Crippen MR) is 38.6 cm³/mol. The van der Waals surface area contributed by atoms with Crippen LogP contribution in [-0.2, 0) is 4.79 Å². The number of aliphatic hydroxyl groups excluding tert-OH is 1. The van der Waals surface area contributed by atoms with Gasteiger partial charge in [-0.3, -0.25) is 0 Å². The van der Waals surface area contributed by atoms with Gasteiger partial charge in [-0.25, -0.2) is 4.79 Å². The maximum Gasteiger partial charge on any atom is 0.336 e. The van der Waals surface area contributed by atoms with Gasteiger partial charge in [-0.05, 0) is 12.2 Å². The van der Waals surface area contributed by atoms with Gasteiger partial charge in [-0.2, -0.15) is 0 Å². The molecule has 1 unspecified atom stereocenters. The molecule has 0 radical (unpaired) electrons. The third-order valence-electron chi connectivity index (χ3n) is 1.51. The molecule has 4 nitrogen and oxygen atoms in total. The first kappa shape index (κ1) is 7.81. The fraction of sp³-hybridized carbons (Fsp3) is 0.286. The number of hydrogen-bond acceptors (Lipinski definition) is 3. The second kappa shape index (κ2) is 2.75. The number of aliphatic hydroxyl groups is 1. The van der Waals surface area contributed by atoms with Crippen molar-refractivity contribution >= 4 is 5.97 Å². The average Bonchev–Trinajstić information content (AvgIpc) is 1.94. The van der Waals surface area contributed by atoms with Gasteiger partial charge in [0.25, 0.3) is 0 Å². The van der Waals surface area contributed by atoms with Crippen molar-refractivity contribution < 1.29 is 15.0 Å². The van der Waals surface area contributed by atoms with Crippen LogP contribution in [0.15, 0.2) is 23.9 Å². The van der Waals surface area contributed by atoms with E-state index in [0.717, 1.165) is 0 Å². The topological polar surface area (TPSA) is 60.8 Å². The second-order valence-corrected chi connectivity index (χ2v) is 2.31. The summed E-state index contributed by atoms with van der Waals surface area (Å²) in [7, 11) is 1.61. The van der Waals surface area contributed by atoms with Gasteiger partial charge in [-0.15, -0.1) is 0 Å². The Bertz CT molecular complexity index is 232. The van der Waals surface area contributed by atoms with Crippen molar-refractivity contribution in [2.75, 3.05) is 7.05 Å². The summed E-state index contributed by atoms with van der Waals surface area (Å²) in [6.07, 6.45) is 3.54. The van der Waals surface area contributed by atoms with Crippen LogP contribution >= 0.6 is 0 Å². The number of hydrogen-bond donors (Lipinski definition) is 2. The molecule has 0 aromatic rings. The smallest absolute Gasteiger partial charge is 0.336 e. The zero-order chi connectivity index (χ0) is 8.43. The van der Waals surface area contributed by atoms with Crippen LogP contribution < -0.4 is 0 Å². The van der Waals surface area contributed by atoms with Crippen LogP contribution in [0.25, 0.3) is 0 Å². The molecule has 4 heteroatoms. The molecule has 0 spiro atoms. The van der Waals surface area contributed by atoms with Crippen LogP contribution in [0, 0.1) is 0 Å². The first-order valence-electron chi connectivity index (χ1n) is 3.14. The zero-order valence-electron chi connectivity index (χ0n) is 6.06. The molecule has 2 N–H and O–H groups in total. The molecular weight excluding hydrogens is 146 g/mol. The molecule has 0 aromatic carbocycles. The molecule has 0 saturated carbocycles. The van der Waals surface area contributed by atoms with Gasteiger partial charge in [-0.1, -0.05) is 0 Å². The van der Waals surface area contributed by atoms with Gasteiger partial charge < -0.3 is 15.1 Å². The van der Waals surface area contributed by atoms with E-state index in [0.29, 0.717) is 0 Å². The number of aliphatic carboxylic acids is 1. The number of allylic oxidation sites excluding steroid dienone is 2. The van der Waals surface area contributed by atoms with Crippen molar-refractivity contribution in [1.29, 1.82) is 0 Å². The Morgan fingerprint density at radius 3 is 2.82 bits per heavy atom. The fourth-order valence-corrected chi connectivity index (χ4v) is 0.851. The van der Waals surface area contributed by atoms with Gasteiger partial charge in [0, 0.05) is 13.2 Å². The Morgan fingerprint density at radius 2 is 2.36 bits per heavy atom. The predicted octanol–water partition coefficient (Wildman–Crippen LogP) is -0.225. The molecule has 1 aliphatic heterocycles. The van der Waals surface area contributed by atoms with E-state index in [9.17, 15) is 9.90 Å². The SMILES string of the molecule is CN1C=CC=C(C(=O)O)C1O. The van der Waals surface area contributed by atoms with E-state index in [1.807, 2.05) is 0 Å². The molecule has 0 amide bonds. The van der Waals surface area contributed by atoms with Gasteiger partial charge in [0.1, 0.15) is 0 Å². The third kappa shape index (κ3) is 1.40. The molecule has 60 valence electrons. The maximum absolute atomic E-state index is 10.4. The molecule has 0 aliphatic carbocycles. The summed E-state index contributed by atoms with van der Waals surface area (Å²) in [5.41, 5.74) is -0.00463. The van der Waals surface area contributed by atoms with Crippen LogP contribution in [0.1, 0.15) is 0 Å². The van der Waals surface area contributed by atoms with Crippen LogP contribution in [-0.4, -0.2) is 34.4 Å². The highest BCUT2D eigenvalue weighted by Crippen LogP contribution is 2.11. The van der Waals surface area contributed by atoms with Crippen LogP contribution in [0.3, 0.4) is 0 Å². The Labute approximate surface area is 64.1 Å². The molecule has 0 aromatic heterocycles. The maximum atomic E-state index is 10.4. The molecule has 11 heavy (non-hydrogen) atoms. The van der Waals surface area contributed by atoms with E-state index < -0.39 is 12.2 Å². The molecule has 1 rings (SSSR count). The molecule has 1 aliphatic rings. The summed E-state index contributed by atoms with van der Waals surface area (Å²) in [5.74, 6) is -1.09. The lowest BCUT2D eigenvalue weighted by atomic mass is 10.1. The van der Waals surface area contributed by atoms with E-state index in [4.69, 9.17) is 5.11 Å². The lowest BCUT2D eigenvalue weighted by molar-refractivity contribution is -0.134. The lowest BCUT2D eigenvalue weighted by Crippen LogP contribution is -2.33. The Balaban J connectivity index is 2.87. The van der Waals surface area contributed by atoms with Gasteiger partial charge >= 0.3 is 5.97 Å². The second-order valence-electron chi connectivity index (χ2n) is 2.31. The average molecular weight is 155 g/mol. The highest BCUT2D eigenvalue weighted by Gasteiger charge is 2.21. The monoisotopic (exact) mass is 155 g/mol. The minimum Gasteiger partial charge on any atom is -0.478 e. The van der Waals surface area contributed by atoms with E-state index in [1.165, 1.54) is 11.0 Å². The molecule has 1 atom stereocenters. The van der Waals surface area contributed by atoms with Crippen LogP contribution in [0.2, 0.25) is 0 Å². The van der Waals surface area contributed by atoms with Crippen molar-refractivity contribution in [3.63, 3.8) is 0 Å². The normalized spacial score (nSPS) is 23.3. The summed E-state index contributed by atoms with van der Waals surface area (Å²) in [6, 6.07) is 0. The third-order valence-corrected chi connectivity index (χ3v) is 1.51. The number of carbonyl (C=O) groups is 1. The van der Waals surface area contributed by atoms with E-state index in [1.54, 1.807) is 19.3 Å². The van der Waals surface area contributed by atoms with Gasteiger partial charge in [0.15, 0.2) is 6.23 Å². The summed E-state index contributed by atoms with van der Waals surface area (Å²) in [5, 5.41) is 17.8. The quantitative estimate of drug-likeness (QED) is 0.549. The summed E-state index contributed by atoms with van der Waals surface area (Å²) >= 11 is 0. The van der Waals surface area contributed by atoms with Gasteiger partial charge in [0.2, 0.25) is 0 Å². The largest absolute Gasteiger partial charge is 0.478 e. The number of nitrogens with zero attached hydrogens (tertiary/aromatic N) is 1. The van der Waals surface area contributed by atoms with Crippen molar-refractivity contribution in [1.82, 2.24) is 4.90 Å². The molecule has 1 heterocycles. The summed E-state index contributed by atoms with van der Waals surface area (Å²) in [6.45, 7) is 0. The standard InChI is InChI=1S/C7H9NO3/c1-8-4-2-3-5(6(8)9)7(10)11/h2-4,6,9H,1H3,(H,10,11). The van der Waals surface area contributed by atoms with Crippen molar-refractivity contribution in [2.24, 2.45) is 0 Å². The van der Waals surface area contributed by atoms with Gasteiger partial charge in [0.05, 0.1) is 5.57 Å². The van der Waals surface area contributed by atoms with E-state index >= 15 is 0 Å². The highest BCUT2D eigenvalue weighted by atomic mass is 16.4. The summed E-state index contributed by atoms with van der Waals surface area (Å²) in [4.78, 5) is 11.8. The number of carboxylic acid groups (broad SMARTS) is 1. The number of carboxylic acids is 1. The zero-order valence-corrected chi connectivity index (χ0v) is 6.06. The lowest BCUT2D eigenvalue weighted by Gasteiger charge is -2.24. The highest BCUT2D eigenvalue weighted by molar-refractivity contribution is 5.88. The van der Waals surface area contributed by atoms with Crippen molar-refractivity contribution in [3.8, 4) is 0 Å². The van der Waals surface area contributed by atoms with Crippen molar-refractivity contribution in [2.45, 2.75) is 6.23 Å². The van der Waals surface area contributed by atoms with Crippen LogP contribution in [0.4, 0.5) is 0 Å². The minimum atomic E-state index is -1.09. The molecule has 0 bridgehead atoms. The number of likely N-dealkylation sites (N-methyl/N-ethyl adjacent to an activating group) is 1. The molecule has 0 fully saturated rings. The van der Waals surface area contributed by atoms with E-state index in [-0.39, 0.29) is 5.57 Å². The Hall–Kier alpha value is -1.29. The van der Waals surface area contributed by atoms with Crippen molar-refractivity contribution in [3.05, 3.63) is 23.9 Å². The Morgan fingerprint density at radius 1 is 1.73 bits per heavy atom. The first-order chi connectivity index (χ1) is 5.13. The first-order valence-corrected chi connectivity index (χ1v) is 3.14. The van der Waals surface area contributed by atoms with E-state index in [2.05, 4.69) is 0 Å². The Kier molecular flexibility index (Phi) is 1.96. The molecular formula is C7H9NO3. The van der Waals surface area contributed by atoms with Crippen LogP contribution in [0.5, 0.6) is 0 Å². The minimum absolute atomic E-state index is 0.00463. The molecule has 0 saturated heterocycles. The number of rotatable bonds is 1.